The van der Waals surface area contributed by atoms with E-state index < -0.39 is 6.10 Å². The van der Waals surface area contributed by atoms with E-state index >= 15 is 0 Å². The summed E-state index contributed by atoms with van der Waals surface area (Å²) in [5.41, 5.74) is 1.81. The number of thioether (sulfide) groups is 1. The standard InChI is InChI=1S/C14H13BrOS/c1-17-11-6-4-5-10(9-11)14(16)12-7-2-3-8-13(12)15/h2-9,14,16H,1H3. The molecule has 0 aliphatic rings. The molecular weight excluding hydrogens is 296 g/mol. The van der Waals surface area contributed by atoms with Crippen LogP contribution in [0.2, 0.25) is 0 Å². The van der Waals surface area contributed by atoms with Crippen LogP contribution in [0.25, 0.3) is 0 Å². The molecule has 2 aromatic carbocycles. The van der Waals surface area contributed by atoms with Gasteiger partial charge in [0.05, 0.1) is 0 Å². The molecule has 0 aliphatic heterocycles. The molecule has 0 aliphatic carbocycles. The quantitative estimate of drug-likeness (QED) is 0.855. The molecule has 17 heavy (non-hydrogen) atoms. The summed E-state index contributed by atoms with van der Waals surface area (Å²) in [4.78, 5) is 1.16. The molecule has 2 rings (SSSR count). The number of aliphatic hydroxyl groups is 1. The van der Waals surface area contributed by atoms with E-state index in [-0.39, 0.29) is 0 Å². The zero-order valence-corrected chi connectivity index (χ0v) is 11.8. The first-order chi connectivity index (χ1) is 8.22. The van der Waals surface area contributed by atoms with Gasteiger partial charge in [-0.05, 0) is 35.6 Å². The zero-order chi connectivity index (χ0) is 12.3. The van der Waals surface area contributed by atoms with Crippen LogP contribution in [0.3, 0.4) is 0 Å². The summed E-state index contributed by atoms with van der Waals surface area (Å²) in [6.07, 6.45) is 1.45. The summed E-state index contributed by atoms with van der Waals surface area (Å²) in [7, 11) is 0. The number of benzene rings is 2. The van der Waals surface area contributed by atoms with Gasteiger partial charge in [-0.15, -0.1) is 11.8 Å². The minimum absolute atomic E-state index is 0.585. The number of hydrogen-bond acceptors (Lipinski definition) is 2. The smallest absolute Gasteiger partial charge is 0.105 e. The highest BCUT2D eigenvalue weighted by molar-refractivity contribution is 9.10. The molecule has 1 unspecified atom stereocenters. The minimum atomic E-state index is -0.585. The molecule has 2 aromatic rings. The molecule has 0 aromatic heterocycles. The van der Waals surface area contributed by atoms with Crippen molar-refractivity contribution in [1.82, 2.24) is 0 Å². The van der Waals surface area contributed by atoms with E-state index in [2.05, 4.69) is 15.9 Å². The van der Waals surface area contributed by atoms with Gasteiger partial charge in [0.1, 0.15) is 6.10 Å². The van der Waals surface area contributed by atoms with Crippen LogP contribution in [0.5, 0.6) is 0 Å². The SMILES string of the molecule is CSc1cccc(C(O)c2ccccc2Br)c1. The first-order valence-electron chi connectivity index (χ1n) is 5.29. The van der Waals surface area contributed by atoms with Gasteiger partial charge in [-0.2, -0.15) is 0 Å². The second-order valence-electron chi connectivity index (χ2n) is 3.70. The first kappa shape index (κ1) is 12.7. The predicted octanol–water partition coefficient (Wildman–Crippen LogP) is 4.25. The van der Waals surface area contributed by atoms with Crippen molar-refractivity contribution in [2.24, 2.45) is 0 Å². The van der Waals surface area contributed by atoms with Gasteiger partial charge in [-0.1, -0.05) is 46.3 Å². The Bertz CT molecular complexity index is 513. The van der Waals surface area contributed by atoms with Crippen LogP contribution in [-0.2, 0) is 0 Å². The Morgan fingerprint density at radius 3 is 2.59 bits per heavy atom. The van der Waals surface area contributed by atoms with Crippen LogP contribution in [0.15, 0.2) is 57.9 Å². The Balaban J connectivity index is 2.37. The van der Waals surface area contributed by atoms with Crippen molar-refractivity contribution in [2.45, 2.75) is 11.0 Å². The van der Waals surface area contributed by atoms with Crippen molar-refractivity contribution < 1.29 is 5.11 Å². The minimum Gasteiger partial charge on any atom is -0.384 e. The fourth-order valence-corrected chi connectivity index (χ4v) is 2.66. The third kappa shape index (κ3) is 2.92. The van der Waals surface area contributed by atoms with Gasteiger partial charge in [0, 0.05) is 9.37 Å². The van der Waals surface area contributed by atoms with Crippen LogP contribution < -0.4 is 0 Å². The van der Waals surface area contributed by atoms with Gasteiger partial charge < -0.3 is 5.11 Å². The number of hydrogen-bond donors (Lipinski definition) is 1. The van der Waals surface area contributed by atoms with Gasteiger partial charge in [-0.3, -0.25) is 0 Å². The molecule has 0 spiro atoms. The fraction of sp³-hybridized carbons (Fsp3) is 0.143. The lowest BCUT2D eigenvalue weighted by Crippen LogP contribution is -2.00. The molecule has 0 radical (unpaired) electrons. The summed E-state index contributed by atoms with van der Waals surface area (Å²) in [5, 5.41) is 10.4. The second kappa shape index (κ2) is 5.71. The van der Waals surface area contributed by atoms with Crippen molar-refractivity contribution >= 4 is 27.7 Å². The number of aliphatic hydroxyl groups excluding tert-OH is 1. The molecule has 0 bridgehead atoms. The highest BCUT2D eigenvalue weighted by Gasteiger charge is 2.13. The highest BCUT2D eigenvalue weighted by Crippen LogP contribution is 2.29. The van der Waals surface area contributed by atoms with Crippen LogP contribution in [0.4, 0.5) is 0 Å². The molecule has 1 atom stereocenters. The lowest BCUT2D eigenvalue weighted by atomic mass is 10.0. The second-order valence-corrected chi connectivity index (χ2v) is 5.43. The van der Waals surface area contributed by atoms with Gasteiger partial charge >= 0.3 is 0 Å². The average Bonchev–Trinajstić information content (AvgIpc) is 2.38. The Morgan fingerprint density at radius 1 is 1.12 bits per heavy atom. The third-order valence-corrected chi connectivity index (χ3v) is 4.06. The van der Waals surface area contributed by atoms with Crippen LogP contribution >= 0.6 is 27.7 Å². The molecule has 88 valence electrons. The summed E-state index contributed by atoms with van der Waals surface area (Å²) >= 11 is 5.14. The fourth-order valence-electron chi connectivity index (χ4n) is 1.69. The first-order valence-corrected chi connectivity index (χ1v) is 7.30. The van der Waals surface area contributed by atoms with E-state index in [9.17, 15) is 5.11 Å². The largest absolute Gasteiger partial charge is 0.384 e. The summed E-state index contributed by atoms with van der Waals surface area (Å²) in [5.74, 6) is 0. The van der Waals surface area contributed by atoms with Crippen LogP contribution in [-0.4, -0.2) is 11.4 Å². The maximum absolute atomic E-state index is 10.4. The molecule has 1 nitrogen and oxygen atoms in total. The van der Waals surface area contributed by atoms with Crippen molar-refractivity contribution in [2.75, 3.05) is 6.26 Å². The van der Waals surface area contributed by atoms with Gasteiger partial charge in [-0.25, -0.2) is 0 Å². The maximum atomic E-state index is 10.4. The normalized spacial score (nSPS) is 12.4. The summed E-state index contributed by atoms with van der Waals surface area (Å²) < 4.78 is 0.932. The van der Waals surface area contributed by atoms with Crippen molar-refractivity contribution in [3.8, 4) is 0 Å². The van der Waals surface area contributed by atoms with E-state index in [4.69, 9.17) is 0 Å². The van der Waals surface area contributed by atoms with E-state index in [1.54, 1.807) is 11.8 Å². The van der Waals surface area contributed by atoms with Gasteiger partial charge in [0.2, 0.25) is 0 Å². The Labute approximate surface area is 114 Å². The van der Waals surface area contributed by atoms with Gasteiger partial charge in [0.25, 0.3) is 0 Å². The molecule has 0 fully saturated rings. The highest BCUT2D eigenvalue weighted by atomic mass is 79.9. The maximum Gasteiger partial charge on any atom is 0.105 e. The average molecular weight is 309 g/mol. The lowest BCUT2D eigenvalue weighted by Gasteiger charge is -2.13. The predicted molar refractivity (Wildman–Crippen MR) is 76.4 cm³/mol. The zero-order valence-electron chi connectivity index (χ0n) is 9.43. The number of halogens is 1. The Kier molecular flexibility index (Phi) is 4.26. The lowest BCUT2D eigenvalue weighted by molar-refractivity contribution is 0.219. The number of rotatable bonds is 3. The summed E-state index contributed by atoms with van der Waals surface area (Å²) in [6, 6.07) is 15.7. The Morgan fingerprint density at radius 2 is 1.88 bits per heavy atom. The van der Waals surface area contributed by atoms with Gasteiger partial charge in [0.15, 0.2) is 0 Å². The van der Waals surface area contributed by atoms with E-state index in [1.807, 2.05) is 54.8 Å². The van der Waals surface area contributed by atoms with E-state index in [0.717, 1.165) is 20.5 Å². The monoisotopic (exact) mass is 308 g/mol. The van der Waals surface area contributed by atoms with Crippen LogP contribution in [0, 0.1) is 0 Å². The third-order valence-electron chi connectivity index (χ3n) is 2.61. The van der Waals surface area contributed by atoms with E-state index in [1.165, 1.54) is 0 Å². The van der Waals surface area contributed by atoms with Crippen molar-refractivity contribution in [1.29, 1.82) is 0 Å². The van der Waals surface area contributed by atoms with Crippen LogP contribution in [0.1, 0.15) is 17.2 Å². The Hall–Kier alpha value is -0.770. The molecule has 0 saturated heterocycles. The molecule has 3 heteroatoms. The summed E-state index contributed by atoms with van der Waals surface area (Å²) in [6.45, 7) is 0. The molecule has 1 N–H and O–H groups in total. The molecule has 0 amide bonds. The molecule has 0 heterocycles. The van der Waals surface area contributed by atoms with Crippen molar-refractivity contribution in [3.63, 3.8) is 0 Å². The molecule has 0 saturated carbocycles. The topological polar surface area (TPSA) is 20.2 Å². The molecular formula is C14H13BrOS. The van der Waals surface area contributed by atoms with E-state index in [0.29, 0.717) is 0 Å². The van der Waals surface area contributed by atoms with Crippen molar-refractivity contribution in [3.05, 3.63) is 64.1 Å².